The highest BCUT2D eigenvalue weighted by Crippen LogP contribution is 2.39. The molecule has 0 amide bonds. The van der Waals surface area contributed by atoms with Gasteiger partial charge in [0.15, 0.2) is 0 Å². The number of halogens is 3. The van der Waals surface area contributed by atoms with Crippen molar-refractivity contribution in [3.05, 3.63) is 40.6 Å². The highest BCUT2D eigenvalue weighted by Gasteiger charge is 2.47. The van der Waals surface area contributed by atoms with E-state index in [2.05, 4.69) is 5.10 Å². The van der Waals surface area contributed by atoms with Crippen molar-refractivity contribution in [3.63, 3.8) is 0 Å². The van der Waals surface area contributed by atoms with Crippen LogP contribution in [0.25, 0.3) is 0 Å². The average Bonchev–Trinajstić information content (AvgIpc) is 2.91. The van der Waals surface area contributed by atoms with Gasteiger partial charge in [0.1, 0.15) is 0 Å². The molecule has 0 bridgehead atoms. The molecule has 2 rings (SSSR count). The van der Waals surface area contributed by atoms with Crippen LogP contribution in [0.2, 0.25) is 0 Å². The van der Waals surface area contributed by atoms with Crippen molar-refractivity contribution in [2.45, 2.75) is 33.1 Å². The molecule has 0 unspecified atom stereocenters. The van der Waals surface area contributed by atoms with Crippen LogP contribution in [0, 0.1) is 20.8 Å². The van der Waals surface area contributed by atoms with Crippen molar-refractivity contribution in [3.8, 4) is 0 Å². The number of furan rings is 1. The molecule has 0 aliphatic rings. The first-order valence-corrected chi connectivity index (χ1v) is 6.44. The van der Waals surface area contributed by atoms with Crippen LogP contribution in [0.5, 0.6) is 0 Å². The summed E-state index contributed by atoms with van der Waals surface area (Å²) < 4.78 is 50.9. The SMILES string of the molecule is Cc1ccoc1C(=O)O[C@@H](c1c(C)nn(C)c1C)C(F)(F)F. The summed E-state index contributed by atoms with van der Waals surface area (Å²) in [5.41, 5.74) is 0.688. The van der Waals surface area contributed by atoms with Crippen LogP contribution in [-0.4, -0.2) is 21.9 Å². The van der Waals surface area contributed by atoms with Crippen LogP contribution < -0.4 is 0 Å². The van der Waals surface area contributed by atoms with Gasteiger partial charge >= 0.3 is 12.1 Å². The van der Waals surface area contributed by atoms with Crippen LogP contribution in [0.15, 0.2) is 16.7 Å². The van der Waals surface area contributed by atoms with Gasteiger partial charge in [0, 0.05) is 23.9 Å². The highest BCUT2D eigenvalue weighted by molar-refractivity contribution is 5.88. The van der Waals surface area contributed by atoms with Gasteiger partial charge in [-0.1, -0.05) is 0 Å². The van der Waals surface area contributed by atoms with E-state index in [-0.39, 0.29) is 22.7 Å². The lowest BCUT2D eigenvalue weighted by atomic mass is 10.1. The largest absolute Gasteiger partial charge is 0.457 e. The molecule has 22 heavy (non-hydrogen) atoms. The lowest BCUT2D eigenvalue weighted by Crippen LogP contribution is -2.27. The first-order valence-electron chi connectivity index (χ1n) is 6.44. The summed E-state index contributed by atoms with van der Waals surface area (Å²) in [5, 5.41) is 3.93. The number of carbonyl (C=O) groups excluding carboxylic acids is 1. The molecule has 8 heteroatoms. The lowest BCUT2D eigenvalue weighted by Gasteiger charge is -2.21. The van der Waals surface area contributed by atoms with E-state index in [1.165, 1.54) is 37.9 Å². The van der Waals surface area contributed by atoms with E-state index >= 15 is 0 Å². The number of carbonyl (C=O) groups is 1. The normalized spacial score (nSPS) is 13.2. The highest BCUT2D eigenvalue weighted by atomic mass is 19.4. The third-order valence-corrected chi connectivity index (χ3v) is 3.40. The number of aryl methyl sites for hydroxylation is 3. The molecule has 120 valence electrons. The van der Waals surface area contributed by atoms with Gasteiger partial charge in [-0.2, -0.15) is 18.3 Å². The minimum absolute atomic E-state index is 0.159. The van der Waals surface area contributed by atoms with Crippen molar-refractivity contribution in [2.24, 2.45) is 7.05 Å². The van der Waals surface area contributed by atoms with Crippen molar-refractivity contribution >= 4 is 5.97 Å². The van der Waals surface area contributed by atoms with Gasteiger partial charge in [0.2, 0.25) is 11.9 Å². The predicted octanol–water partition coefficient (Wildman–Crippen LogP) is 3.40. The Morgan fingerprint density at radius 1 is 1.36 bits per heavy atom. The molecular formula is C14H15F3N2O3. The zero-order valence-corrected chi connectivity index (χ0v) is 12.5. The van der Waals surface area contributed by atoms with Crippen molar-refractivity contribution in [1.29, 1.82) is 0 Å². The first kappa shape index (κ1) is 16.1. The summed E-state index contributed by atoms with van der Waals surface area (Å²) in [7, 11) is 1.53. The van der Waals surface area contributed by atoms with E-state index in [0.717, 1.165) is 0 Å². The van der Waals surface area contributed by atoms with Crippen molar-refractivity contribution in [1.82, 2.24) is 9.78 Å². The molecule has 0 spiro atoms. The fourth-order valence-corrected chi connectivity index (χ4v) is 2.20. The Morgan fingerprint density at radius 3 is 2.41 bits per heavy atom. The molecule has 0 aliphatic carbocycles. The van der Waals surface area contributed by atoms with Crippen molar-refractivity contribution in [2.75, 3.05) is 0 Å². The number of hydrogen-bond donors (Lipinski definition) is 0. The van der Waals surface area contributed by atoms with Crippen LogP contribution in [0.3, 0.4) is 0 Å². The fraction of sp³-hybridized carbons (Fsp3) is 0.429. The van der Waals surface area contributed by atoms with E-state index in [1.54, 1.807) is 6.92 Å². The molecule has 0 fully saturated rings. The van der Waals surface area contributed by atoms with Crippen molar-refractivity contribution < 1.29 is 27.1 Å². The van der Waals surface area contributed by atoms with Crippen LogP contribution in [0.4, 0.5) is 13.2 Å². The zero-order chi connectivity index (χ0) is 16.7. The smallest absolute Gasteiger partial charge is 0.430 e. The van der Waals surface area contributed by atoms with E-state index in [4.69, 9.17) is 9.15 Å². The van der Waals surface area contributed by atoms with Gasteiger partial charge in [-0.3, -0.25) is 4.68 Å². The Kier molecular flexibility index (Phi) is 4.04. The van der Waals surface area contributed by atoms with E-state index in [9.17, 15) is 18.0 Å². The van der Waals surface area contributed by atoms with E-state index < -0.39 is 18.2 Å². The van der Waals surface area contributed by atoms with E-state index in [0.29, 0.717) is 5.56 Å². The maximum absolute atomic E-state index is 13.3. The Morgan fingerprint density at radius 2 is 2.00 bits per heavy atom. The summed E-state index contributed by atoms with van der Waals surface area (Å²) >= 11 is 0. The summed E-state index contributed by atoms with van der Waals surface area (Å²) in [5.74, 6) is -1.40. The third kappa shape index (κ3) is 2.86. The van der Waals surface area contributed by atoms with Crippen LogP contribution in [-0.2, 0) is 11.8 Å². The maximum atomic E-state index is 13.3. The monoisotopic (exact) mass is 316 g/mol. The predicted molar refractivity (Wildman–Crippen MR) is 70.3 cm³/mol. The molecule has 2 aromatic heterocycles. The lowest BCUT2D eigenvalue weighted by molar-refractivity contribution is -0.208. The van der Waals surface area contributed by atoms with Gasteiger partial charge in [-0.15, -0.1) is 0 Å². The first-order chi connectivity index (χ1) is 10.1. The molecule has 2 heterocycles. The van der Waals surface area contributed by atoms with Gasteiger partial charge in [0.25, 0.3) is 0 Å². The summed E-state index contributed by atoms with van der Waals surface area (Å²) in [6, 6.07) is 1.47. The molecule has 0 aromatic carbocycles. The minimum atomic E-state index is -4.76. The Balaban J connectivity index is 2.40. The van der Waals surface area contributed by atoms with Gasteiger partial charge in [-0.25, -0.2) is 4.79 Å². The molecule has 2 aromatic rings. The number of ether oxygens (including phenoxy) is 1. The number of alkyl halides is 3. The van der Waals surface area contributed by atoms with Crippen LogP contribution >= 0.6 is 0 Å². The molecule has 1 atom stereocenters. The summed E-state index contributed by atoms with van der Waals surface area (Å²) in [6.45, 7) is 4.47. The second-order valence-electron chi connectivity index (χ2n) is 4.97. The third-order valence-electron chi connectivity index (χ3n) is 3.40. The molecule has 0 N–H and O–H groups in total. The number of rotatable bonds is 3. The molecule has 0 aliphatic heterocycles. The standard InChI is InChI=1S/C14H15F3N2O3/c1-7-5-6-21-11(7)13(20)22-12(14(15,16)17)10-8(2)18-19(4)9(10)3/h5-6,12H,1-4H3/t12-/m0/s1. The quantitative estimate of drug-likeness (QED) is 0.814. The molecule has 5 nitrogen and oxygen atoms in total. The number of aromatic nitrogens is 2. The number of nitrogens with zero attached hydrogens (tertiary/aromatic N) is 2. The fourth-order valence-electron chi connectivity index (χ4n) is 2.20. The second kappa shape index (κ2) is 5.51. The Labute approximate surface area is 124 Å². The second-order valence-corrected chi connectivity index (χ2v) is 4.97. The molecular weight excluding hydrogens is 301 g/mol. The minimum Gasteiger partial charge on any atom is -0.457 e. The summed E-state index contributed by atoms with van der Waals surface area (Å²) in [6.07, 6.45) is -5.93. The summed E-state index contributed by atoms with van der Waals surface area (Å²) in [4.78, 5) is 11.9. The van der Waals surface area contributed by atoms with Gasteiger partial charge in [0.05, 0.1) is 12.0 Å². The maximum Gasteiger partial charge on any atom is 0.430 e. The average molecular weight is 316 g/mol. The van der Waals surface area contributed by atoms with Gasteiger partial charge in [-0.05, 0) is 26.8 Å². The Bertz CT molecular complexity index is 701. The van der Waals surface area contributed by atoms with Crippen LogP contribution in [0.1, 0.15) is 39.2 Å². The molecule has 0 saturated heterocycles. The number of esters is 1. The zero-order valence-electron chi connectivity index (χ0n) is 12.5. The topological polar surface area (TPSA) is 57.3 Å². The molecule has 0 saturated carbocycles. The molecule has 0 radical (unpaired) electrons. The van der Waals surface area contributed by atoms with Gasteiger partial charge < -0.3 is 9.15 Å². The Hall–Kier alpha value is -2.25. The van der Waals surface area contributed by atoms with E-state index in [1.807, 2.05) is 0 Å². The number of hydrogen-bond acceptors (Lipinski definition) is 4.